The summed E-state index contributed by atoms with van der Waals surface area (Å²) in [5.41, 5.74) is 0. The van der Waals surface area contributed by atoms with Gasteiger partial charge in [-0.05, 0) is 26.4 Å². The van der Waals surface area contributed by atoms with E-state index in [1.54, 1.807) is 6.92 Å². The number of carbonyl (C=O) groups is 1. The summed E-state index contributed by atoms with van der Waals surface area (Å²) in [6, 6.07) is 0.144. The Morgan fingerprint density at radius 1 is 1.15 bits per heavy atom. The molecule has 0 aromatic rings. The Labute approximate surface area is 83.3 Å². The van der Waals surface area contributed by atoms with Crippen molar-refractivity contribution >= 4 is 5.78 Å². The van der Waals surface area contributed by atoms with Gasteiger partial charge in [-0.3, -0.25) is 9.69 Å². The Morgan fingerprint density at radius 2 is 1.54 bits per heavy atom. The van der Waals surface area contributed by atoms with E-state index in [2.05, 4.69) is 25.7 Å². The molecule has 0 aromatic heterocycles. The second-order valence-electron chi connectivity index (χ2n) is 2.76. The van der Waals surface area contributed by atoms with Gasteiger partial charge in [0.15, 0.2) is 0 Å². The van der Waals surface area contributed by atoms with Crippen molar-refractivity contribution in [3.8, 4) is 0 Å². The smallest absolute Gasteiger partial charge is 0.146 e. The van der Waals surface area contributed by atoms with Crippen molar-refractivity contribution < 1.29 is 4.79 Å². The quantitative estimate of drug-likeness (QED) is 0.659. The van der Waals surface area contributed by atoms with Crippen molar-refractivity contribution in [1.82, 2.24) is 4.90 Å². The number of hydrogen-bond acceptors (Lipinski definition) is 2. The van der Waals surface area contributed by atoms with Crippen molar-refractivity contribution in [3.63, 3.8) is 0 Å². The molecule has 0 spiro atoms. The highest BCUT2D eigenvalue weighted by molar-refractivity contribution is 5.81. The van der Waals surface area contributed by atoms with Crippen LogP contribution in [0.25, 0.3) is 0 Å². The van der Waals surface area contributed by atoms with Gasteiger partial charge in [-0.2, -0.15) is 0 Å². The SMILES string of the molecule is CC.CCC(C(C)=O)N(CC)CC. The molecule has 1 atom stereocenters. The molecule has 0 saturated heterocycles. The summed E-state index contributed by atoms with van der Waals surface area (Å²) in [6.07, 6.45) is 0.928. The predicted octanol–water partition coefficient (Wildman–Crippen LogP) is 2.72. The average Bonchev–Trinajstić information content (AvgIpc) is 2.16. The van der Waals surface area contributed by atoms with Crippen LogP contribution in [0.1, 0.15) is 48.0 Å². The molecule has 0 radical (unpaired) electrons. The Morgan fingerprint density at radius 3 is 1.62 bits per heavy atom. The first-order valence-corrected chi connectivity index (χ1v) is 5.41. The Balaban J connectivity index is 0. The lowest BCUT2D eigenvalue weighted by molar-refractivity contribution is -0.122. The summed E-state index contributed by atoms with van der Waals surface area (Å²) in [5, 5.41) is 0. The second-order valence-corrected chi connectivity index (χ2v) is 2.76. The van der Waals surface area contributed by atoms with Gasteiger partial charge in [-0.1, -0.05) is 34.6 Å². The highest BCUT2D eigenvalue weighted by atomic mass is 16.1. The van der Waals surface area contributed by atoms with Crippen molar-refractivity contribution in [2.75, 3.05) is 13.1 Å². The van der Waals surface area contributed by atoms with Crippen molar-refractivity contribution in [2.45, 2.75) is 54.0 Å². The summed E-state index contributed by atoms with van der Waals surface area (Å²) >= 11 is 0. The van der Waals surface area contributed by atoms with E-state index < -0.39 is 0 Å². The molecule has 0 rings (SSSR count). The summed E-state index contributed by atoms with van der Waals surface area (Å²) in [4.78, 5) is 13.3. The van der Waals surface area contributed by atoms with Crippen LogP contribution in [0, 0.1) is 0 Å². The molecule has 0 heterocycles. The van der Waals surface area contributed by atoms with Crippen LogP contribution in [0.5, 0.6) is 0 Å². The summed E-state index contributed by atoms with van der Waals surface area (Å²) < 4.78 is 0. The second kappa shape index (κ2) is 9.72. The first-order valence-electron chi connectivity index (χ1n) is 5.41. The third-order valence-corrected chi connectivity index (χ3v) is 2.11. The number of nitrogens with zero attached hydrogens (tertiary/aromatic N) is 1. The normalized spacial score (nSPS) is 11.9. The zero-order chi connectivity index (χ0) is 10.9. The van der Waals surface area contributed by atoms with Gasteiger partial charge in [0, 0.05) is 0 Å². The van der Waals surface area contributed by atoms with E-state index in [0.717, 1.165) is 19.5 Å². The lowest BCUT2D eigenvalue weighted by atomic mass is 10.1. The molecule has 0 aliphatic carbocycles. The maximum absolute atomic E-state index is 11.1. The van der Waals surface area contributed by atoms with Crippen LogP contribution < -0.4 is 0 Å². The minimum Gasteiger partial charge on any atom is -0.298 e. The number of likely N-dealkylation sites (N-methyl/N-ethyl adjacent to an activating group) is 1. The molecule has 0 aliphatic rings. The fraction of sp³-hybridized carbons (Fsp3) is 0.909. The lowest BCUT2D eigenvalue weighted by Crippen LogP contribution is -2.39. The van der Waals surface area contributed by atoms with E-state index in [4.69, 9.17) is 0 Å². The number of Topliss-reactive ketones (excluding diaryl/α,β-unsaturated/α-hetero) is 1. The van der Waals surface area contributed by atoms with Crippen LogP contribution in [-0.4, -0.2) is 29.8 Å². The molecule has 2 nitrogen and oxygen atoms in total. The zero-order valence-electron chi connectivity index (χ0n) is 10.1. The van der Waals surface area contributed by atoms with E-state index >= 15 is 0 Å². The fourth-order valence-corrected chi connectivity index (χ4v) is 1.47. The van der Waals surface area contributed by atoms with E-state index in [0.29, 0.717) is 0 Å². The Hall–Kier alpha value is -0.370. The molecular formula is C11H25NO. The number of ketones is 1. The van der Waals surface area contributed by atoms with Crippen molar-refractivity contribution in [2.24, 2.45) is 0 Å². The van der Waals surface area contributed by atoms with Gasteiger partial charge >= 0.3 is 0 Å². The van der Waals surface area contributed by atoms with Crippen LogP contribution in [0.2, 0.25) is 0 Å². The van der Waals surface area contributed by atoms with Crippen LogP contribution in [-0.2, 0) is 4.79 Å². The van der Waals surface area contributed by atoms with Gasteiger partial charge in [0.05, 0.1) is 6.04 Å². The Bertz CT molecular complexity index is 119. The van der Waals surface area contributed by atoms with Gasteiger partial charge in [0.25, 0.3) is 0 Å². The molecule has 0 aromatic carbocycles. The summed E-state index contributed by atoms with van der Waals surface area (Å²) in [6.45, 7) is 13.9. The van der Waals surface area contributed by atoms with Crippen LogP contribution in [0.3, 0.4) is 0 Å². The number of carbonyl (C=O) groups excluding carboxylic acids is 1. The third kappa shape index (κ3) is 5.81. The molecule has 80 valence electrons. The molecule has 0 saturated carbocycles. The lowest BCUT2D eigenvalue weighted by Gasteiger charge is -2.26. The monoisotopic (exact) mass is 187 g/mol. The predicted molar refractivity (Wildman–Crippen MR) is 59.0 cm³/mol. The van der Waals surface area contributed by atoms with Gasteiger partial charge in [-0.25, -0.2) is 0 Å². The first kappa shape index (κ1) is 15.1. The maximum Gasteiger partial charge on any atom is 0.146 e. The first-order chi connectivity index (χ1) is 6.17. The summed E-state index contributed by atoms with van der Waals surface area (Å²) in [5.74, 6) is 0.288. The highest BCUT2D eigenvalue weighted by Crippen LogP contribution is 2.04. The van der Waals surface area contributed by atoms with Gasteiger partial charge < -0.3 is 0 Å². The van der Waals surface area contributed by atoms with E-state index in [9.17, 15) is 4.79 Å². The minimum atomic E-state index is 0.144. The molecule has 13 heavy (non-hydrogen) atoms. The molecule has 0 bridgehead atoms. The Kier molecular flexibility index (Phi) is 11.3. The largest absolute Gasteiger partial charge is 0.298 e. The summed E-state index contributed by atoms with van der Waals surface area (Å²) in [7, 11) is 0. The molecular weight excluding hydrogens is 162 g/mol. The maximum atomic E-state index is 11.1. The topological polar surface area (TPSA) is 20.3 Å². The average molecular weight is 187 g/mol. The number of rotatable bonds is 5. The minimum absolute atomic E-state index is 0.144. The van der Waals surface area contributed by atoms with Crippen molar-refractivity contribution in [3.05, 3.63) is 0 Å². The van der Waals surface area contributed by atoms with Crippen molar-refractivity contribution in [1.29, 1.82) is 0 Å². The molecule has 0 aliphatic heterocycles. The standard InChI is InChI=1S/C9H19NO.C2H6/c1-5-9(8(4)11)10(6-2)7-3;1-2/h9H,5-7H2,1-4H3;1-2H3. The van der Waals surface area contributed by atoms with E-state index in [1.165, 1.54) is 0 Å². The van der Waals surface area contributed by atoms with Gasteiger partial charge in [-0.15, -0.1) is 0 Å². The zero-order valence-corrected chi connectivity index (χ0v) is 10.1. The number of hydrogen-bond donors (Lipinski definition) is 0. The van der Waals surface area contributed by atoms with Crippen LogP contribution in [0.4, 0.5) is 0 Å². The molecule has 0 N–H and O–H groups in total. The van der Waals surface area contributed by atoms with Gasteiger partial charge in [0.1, 0.15) is 5.78 Å². The highest BCUT2D eigenvalue weighted by Gasteiger charge is 2.17. The fourth-order valence-electron chi connectivity index (χ4n) is 1.47. The van der Waals surface area contributed by atoms with Crippen LogP contribution >= 0.6 is 0 Å². The third-order valence-electron chi connectivity index (χ3n) is 2.11. The molecule has 0 fully saturated rings. The molecule has 1 unspecified atom stereocenters. The molecule has 2 heteroatoms. The molecule has 0 amide bonds. The van der Waals surface area contributed by atoms with Crippen LogP contribution in [0.15, 0.2) is 0 Å². The van der Waals surface area contributed by atoms with Gasteiger partial charge in [0.2, 0.25) is 0 Å². The van der Waals surface area contributed by atoms with E-state index in [1.807, 2.05) is 13.8 Å². The van der Waals surface area contributed by atoms with E-state index in [-0.39, 0.29) is 11.8 Å².